The van der Waals surface area contributed by atoms with Crippen LogP contribution in [0, 0.1) is 0 Å². The van der Waals surface area contributed by atoms with Gasteiger partial charge in [-0.3, -0.25) is 4.79 Å². The average Bonchev–Trinajstić information content (AvgIpc) is 2.80. The smallest absolute Gasteiger partial charge is 0.337 e. The number of primary amides is 1. The number of nitrogens with one attached hydrogen (secondary N) is 1. The van der Waals surface area contributed by atoms with Gasteiger partial charge in [0.1, 0.15) is 6.29 Å². The number of H-pyrrole nitrogens is 1. The Morgan fingerprint density at radius 3 is 2.80 bits per heavy atom. The Morgan fingerprint density at radius 1 is 1.45 bits per heavy atom. The fourth-order valence-electron chi connectivity index (χ4n) is 2.04. The van der Waals surface area contributed by atoms with Gasteiger partial charge in [0.25, 0.3) is 5.24 Å². The number of nitrogens with two attached hydrogens (primary N) is 1. The van der Waals surface area contributed by atoms with Crippen LogP contribution in [0.3, 0.4) is 0 Å². The second-order valence-corrected chi connectivity index (χ2v) is 5.41. The van der Waals surface area contributed by atoms with E-state index < -0.39 is 16.5 Å². The molecule has 0 aliphatic carbocycles. The molecule has 104 valence electrons. The van der Waals surface area contributed by atoms with Crippen molar-refractivity contribution in [2.24, 2.45) is 5.73 Å². The van der Waals surface area contributed by atoms with E-state index in [4.69, 9.17) is 10.8 Å². The lowest BCUT2D eigenvalue weighted by Gasteiger charge is -2.06. The third-order valence-electron chi connectivity index (χ3n) is 2.87. The lowest BCUT2D eigenvalue weighted by atomic mass is 10.1. The van der Waals surface area contributed by atoms with Crippen LogP contribution in [0.2, 0.25) is 0 Å². The van der Waals surface area contributed by atoms with Gasteiger partial charge >= 0.3 is 5.97 Å². The summed E-state index contributed by atoms with van der Waals surface area (Å²) in [6, 6.07) is 4.91. The summed E-state index contributed by atoms with van der Waals surface area (Å²) in [5, 5.41) is 8.62. The number of aromatic carboxylic acids is 1. The molecule has 0 fully saturated rings. The van der Waals surface area contributed by atoms with E-state index >= 15 is 0 Å². The van der Waals surface area contributed by atoms with Crippen LogP contribution in [0.15, 0.2) is 24.4 Å². The van der Waals surface area contributed by atoms with Crippen molar-refractivity contribution in [1.29, 1.82) is 0 Å². The molecule has 0 spiro atoms. The van der Waals surface area contributed by atoms with Crippen molar-refractivity contribution in [3.8, 4) is 0 Å². The van der Waals surface area contributed by atoms with Crippen LogP contribution in [-0.2, 0) is 11.2 Å². The maximum absolute atomic E-state index is 11.1. The molecular formula is C13H12N2O4S. The van der Waals surface area contributed by atoms with E-state index in [9.17, 15) is 14.4 Å². The van der Waals surface area contributed by atoms with E-state index in [-0.39, 0.29) is 5.56 Å². The largest absolute Gasteiger partial charge is 0.478 e. The maximum atomic E-state index is 11.1. The first-order valence-electron chi connectivity index (χ1n) is 5.76. The molecule has 1 aromatic heterocycles. The van der Waals surface area contributed by atoms with Crippen molar-refractivity contribution >= 4 is 40.2 Å². The number of aromatic amines is 1. The summed E-state index contributed by atoms with van der Waals surface area (Å²) in [6.07, 6.45) is 2.62. The number of thioether (sulfide) groups is 1. The Balaban J connectivity index is 2.36. The van der Waals surface area contributed by atoms with Crippen LogP contribution in [0.1, 0.15) is 15.9 Å². The highest BCUT2D eigenvalue weighted by molar-refractivity contribution is 8.14. The summed E-state index contributed by atoms with van der Waals surface area (Å²) in [7, 11) is 0. The zero-order valence-electron chi connectivity index (χ0n) is 10.3. The zero-order valence-corrected chi connectivity index (χ0v) is 11.1. The third-order valence-corrected chi connectivity index (χ3v) is 3.68. The maximum Gasteiger partial charge on any atom is 0.337 e. The van der Waals surface area contributed by atoms with Gasteiger partial charge in [-0.2, -0.15) is 0 Å². The minimum atomic E-state index is -1.03. The zero-order chi connectivity index (χ0) is 14.7. The van der Waals surface area contributed by atoms with E-state index in [1.807, 2.05) is 0 Å². The Kier molecular flexibility index (Phi) is 4.09. The van der Waals surface area contributed by atoms with Crippen LogP contribution < -0.4 is 5.73 Å². The van der Waals surface area contributed by atoms with Crippen LogP contribution in [-0.4, -0.2) is 32.8 Å². The van der Waals surface area contributed by atoms with Crippen LogP contribution in [0.5, 0.6) is 0 Å². The van der Waals surface area contributed by atoms with Gasteiger partial charge < -0.3 is 20.6 Å². The number of carbonyl (C=O) groups is 3. The molecule has 1 amide bonds. The van der Waals surface area contributed by atoms with Gasteiger partial charge in [-0.25, -0.2) is 4.79 Å². The van der Waals surface area contributed by atoms with E-state index in [1.165, 1.54) is 6.07 Å². The molecule has 1 unspecified atom stereocenters. The molecule has 1 heterocycles. The fourth-order valence-corrected chi connectivity index (χ4v) is 2.66. The van der Waals surface area contributed by atoms with Gasteiger partial charge in [-0.1, -0.05) is 23.9 Å². The van der Waals surface area contributed by atoms with Gasteiger partial charge in [0.15, 0.2) is 0 Å². The molecule has 7 heteroatoms. The summed E-state index contributed by atoms with van der Waals surface area (Å²) in [5.41, 5.74) is 6.50. The van der Waals surface area contributed by atoms with Crippen LogP contribution in [0.4, 0.5) is 4.79 Å². The topological polar surface area (TPSA) is 113 Å². The fraction of sp³-hybridized carbons (Fsp3) is 0.154. The minimum absolute atomic E-state index is 0.166. The molecule has 0 radical (unpaired) electrons. The highest BCUT2D eigenvalue weighted by atomic mass is 32.2. The molecule has 0 aliphatic rings. The molecule has 4 N–H and O–H groups in total. The van der Waals surface area contributed by atoms with Gasteiger partial charge in [0.2, 0.25) is 0 Å². The van der Waals surface area contributed by atoms with Crippen molar-refractivity contribution < 1.29 is 19.5 Å². The summed E-state index contributed by atoms with van der Waals surface area (Å²) >= 11 is 0.757. The Hall–Kier alpha value is -2.28. The molecule has 1 atom stereocenters. The predicted molar refractivity (Wildman–Crippen MR) is 76.0 cm³/mol. The van der Waals surface area contributed by atoms with E-state index in [2.05, 4.69) is 4.98 Å². The van der Waals surface area contributed by atoms with Crippen molar-refractivity contribution in [2.75, 3.05) is 0 Å². The molecule has 0 saturated carbocycles. The first-order chi connectivity index (χ1) is 9.52. The number of hydrogen-bond acceptors (Lipinski definition) is 4. The quantitative estimate of drug-likeness (QED) is 0.727. The molecule has 0 bridgehead atoms. The van der Waals surface area contributed by atoms with Gasteiger partial charge in [-0.05, 0) is 18.1 Å². The molecule has 0 saturated heterocycles. The molecule has 0 aliphatic heterocycles. The molecule has 20 heavy (non-hydrogen) atoms. The van der Waals surface area contributed by atoms with Crippen molar-refractivity contribution in [2.45, 2.75) is 11.7 Å². The molecule has 6 nitrogen and oxygen atoms in total. The first-order valence-corrected chi connectivity index (χ1v) is 6.64. The summed E-state index contributed by atoms with van der Waals surface area (Å²) < 4.78 is 0. The Bertz CT molecular complexity index is 680. The predicted octanol–water partition coefficient (Wildman–Crippen LogP) is 1.79. The third kappa shape index (κ3) is 2.83. The SMILES string of the molecule is NC(=O)SC(C=O)Cc1c[nH]c2c(C(=O)O)cccc12. The number of para-hydroxylation sites is 1. The number of aldehydes is 1. The lowest BCUT2D eigenvalue weighted by molar-refractivity contribution is -0.107. The standard InChI is InChI=1S/C13H12N2O4S/c14-13(19)20-8(6-16)4-7-5-15-11-9(7)2-1-3-10(11)12(17)18/h1-3,5-6,8,15H,4H2,(H2,14,19)(H,17,18). The summed E-state index contributed by atoms with van der Waals surface area (Å²) in [4.78, 5) is 35.8. The van der Waals surface area contributed by atoms with Crippen molar-refractivity contribution in [1.82, 2.24) is 4.98 Å². The van der Waals surface area contributed by atoms with Crippen LogP contribution >= 0.6 is 11.8 Å². The number of carboxylic acids is 1. The van der Waals surface area contributed by atoms with E-state index in [0.717, 1.165) is 22.7 Å². The molecular weight excluding hydrogens is 280 g/mol. The minimum Gasteiger partial charge on any atom is -0.478 e. The van der Waals surface area contributed by atoms with E-state index in [0.29, 0.717) is 18.2 Å². The van der Waals surface area contributed by atoms with Crippen molar-refractivity contribution in [3.05, 3.63) is 35.5 Å². The van der Waals surface area contributed by atoms with Gasteiger partial charge in [0.05, 0.1) is 16.3 Å². The van der Waals surface area contributed by atoms with Crippen molar-refractivity contribution in [3.63, 3.8) is 0 Å². The Labute approximate surface area is 118 Å². The summed E-state index contributed by atoms with van der Waals surface area (Å²) in [6.45, 7) is 0. The van der Waals surface area contributed by atoms with Crippen LogP contribution in [0.25, 0.3) is 10.9 Å². The first kappa shape index (κ1) is 14.1. The highest BCUT2D eigenvalue weighted by Gasteiger charge is 2.17. The normalized spacial score (nSPS) is 12.2. The second-order valence-electron chi connectivity index (χ2n) is 4.16. The number of aromatic nitrogens is 1. The lowest BCUT2D eigenvalue weighted by Crippen LogP contribution is -2.15. The Morgan fingerprint density at radius 2 is 2.20 bits per heavy atom. The number of carbonyl (C=O) groups excluding carboxylic acids is 2. The number of fused-ring (bicyclic) bond motifs is 1. The highest BCUT2D eigenvalue weighted by Crippen LogP contribution is 2.25. The molecule has 1 aromatic carbocycles. The number of benzene rings is 1. The number of hydrogen-bond donors (Lipinski definition) is 3. The number of carboxylic acid groups (broad SMARTS) is 1. The molecule has 2 aromatic rings. The second kappa shape index (κ2) is 5.79. The average molecular weight is 292 g/mol. The number of amides is 1. The van der Waals surface area contributed by atoms with Gasteiger partial charge in [0, 0.05) is 11.6 Å². The molecule has 2 rings (SSSR count). The van der Waals surface area contributed by atoms with E-state index in [1.54, 1.807) is 18.3 Å². The monoisotopic (exact) mass is 292 g/mol. The summed E-state index contributed by atoms with van der Waals surface area (Å²) in [5.74, 6) is -1.03. The number of rotatable bonds is 5. The van der Waals surface area contributed by atoms with Gasteiger partial charge in [-0.15, -0.1) is 0 Å².